The van der Waals surface area contributed by atoms with E-state index >= 15 is 0 Å². The number of likely N-dealkylation sites (tertiary alicyclic amines) is 1. The van der Waals surface area contributed by atoms with Gasteiger partial charge in [0.2, 0.25) is 0 Å². The van der Waals surface area contributed by atoms with Gasteiger partial charge < -0.3 is 10.2 Å². The molecule has 1 fully saturated rings. The third-order valence-corrected chi connectivity index (χ3v) is 3.09. The van der Waals surface area contributed by atoms with Crippen LogP contribution < -0.4 is 5.32 Å². The highest BCUT2D eigenvalue weighted by molar-refractivity contribution is 4.77. The minimum absolute atomic E-state index is 0.898. The summed E-state index contributed by atoms with van der Waals surface area (Å²) in [7, 11) is 2.03. The van der Waals surface area contributed by atoms with Gasteiger partial charge in [-0.2, -0.15) is 0 Å². The zero-order valence-electron chi connectivity index (χ0n) is 9.18. The lowest BCUT2D eigenvalue weighted by molar-refractivity contribution is 0.243. The number of hydrogen-bond donors (Lipinski definition) is 1. The fourth-order valence-electron chi connectivity index (χ4n) is 2.27. The predicted molar refractivity (Wildman–Crippen MR) is 58.0 cm³/mol. The van der Waals surface area contributed by atoms with E-state index in [0.29, 0.717) is 0 Å². The Kier molecular flexibility index (Phi) is 5.40. The molecule has 1 aliphatic heterocycles. The maximum atomic E-state index is 3.20. The lowest BCUT2D eigenvalue weighted by atomic mass is 10.1. The summed E-state index contributed by atoms with van der Waals surface area (Å²) in [6.07, 6.45) is 6.87. The summed E-state index contributed by atoms with van der Waals surface area (Å²) >= 11 is 0. The Labute approximate surface area is 82.7 Å². The van der Waals surface area contributed by atoms with E-state index in [9.17, 15) is 0 Å². The van der Waals surface area contributed by atoms with E-state index in [0.717, 1.165) is 6.04 Å². The lowest BCUT2D eigenvalue weighted by Crippen LogP contribution is -2.30. The lowest BCUT2D eigenvalue weighted by Gasteiger charge is -2.22. The molecular formula is C11H24N2. The Morgan fingerprint density at radius 1 is 1.38 bits per heavy atom. The molecule has 78 valence electrons. The topological polar surface area (TPSA) is 15.3 Å². The van der Waals surface area contributed by atoms with Crippen molar-refractivity contribution in [3.05, 3.63) is 0 Å². The Morgan fingerprint density at radius 3 is 2.92 bits per heavy atom. The third kappa shape index (κ3) is 3.65. The fourth-order valence-corrected chi connectivity index (χ4v) is 2.27. The SMILES string of the molecule is CCC1CCCN1CCCCNC. The molecule has 0 aromatic heterocycles. The van der Waals surface area contributed by atoms with Crippen molar-refractivity contribution in [3.8, 4) is 0 Å². The summed E-state index contributed by atoms with van der Waals surface area (Å²) in [5.74, 6) is 0. The first-order valence-electron chi connectivity index (χ1n) is 5.77. The van der Waals surface area contributed by atoms with E-state index in [1.165, 1.54) is 51.7 Å². The van der Waals surface area contributed by atoms with Crippen molar-refractivity contribution < 1.29 is 0 Å². The monoisotopic (exact) mass is 184 g/mol. The summed E-state index contributed by atoms with van der Waals surface area (Å²) in [5.41, 5.74) is 0. The molecule has 0 spiro atoms. The zero-order chi connectivity index (χ0) is 9.52. The maximum absolute atomic E-state index is 3.20. The number of unbranched alkanes of at least 4 members (excludes halogenated alkanes) is 1. The minimum Gasteiger partial charge on any atom is -0.320 e. The van der Waals surface area contributed by atoms with Crippen molar-refractivity contribution >= 4 is 0 Å². The molecule has 0 saturated carbocycles. The molecule has 2 nitrogen and oxygen atoms in total. The van der Waals surface area contributed by atoms with Gasteiger partial charge in [-0.05, 0) is 58.8 Å². The van der Waals surface area contributed by atoms with Gasteiger partial charge in [0.05, 0.1) is 0 Å². The molecule has 0 aromatic rings. The molecule has 0 amide bonds. The van der Waals surface area contributed by atoms with Crippen LogP contribution in [-0.4, -0.2) is 37.6 Å². The third-order valence-electron chi connectivity index (χ3n) is 3.09. The van der Waals surface area contributed by atoms with E-state index in [-0.39, 0.29) is 0 Å². The Morgan fingerprint density at radius 2 is 2.23 bits per heavy atom. The molecule has 0 aliphatic carbocycles. The Bertz CT molecular complexity index is 125. The highest BCUT2D eigenvalue weighted by Crippen LogP contribution is 2.19. The average Bonchev–Trinajstić information content (AvgIpc) is 2.60. The first-order valence-corrected chi connectivity index (χ1v) is 5.77. The van der Waals surface area contributed by atoms with Crippen molar-refractivity contribution in [3.63, 3.8) is 0 Å². The highest BCUT2D eigenvalue weighted by Gasteiger charge is 2.21. The van der Waals surface area contributed by atoms with Gasteiger partial charge in [-0.3, -0.25) is 0 Å². The van der Waals surface area contributed by atoms with Gasteiger partial charge in [-0.25, -0.2) is 0 Å². The normalized spacial score (nSPS) is 24.0. The molecule has 1 heterocycles. The van der Waals surface area contributed by atoms with E-state index in [4.69, 9.17) is 0 Å². The van der Waals surface area contributed by atoms with Crippen LogP contribution in [0, 0.1) is 0 Å². The van der Waals surface area contributed by atoms with Gasteiger partial charge in [-0.1, -0.05) is 6.92 Å². The summed E-state index contributed by atoms with van der Waals surface area (Å²) in [5, 5.41) is 3.20. The van der Waals surface area contributed by atoms with E-state index in [1.807, 2.05) is 7.05 Å². The van der Waals surface area contributed by atoms with Crippen LogP contribution in [0.25, 0.3) is 0 Å². The Hall–Kier alpha value is -0.0800. The van der Waals surface area contributed by atoms with Gasteiger partial charge in [0.15, 0.2) is 0 Å². The van der Waals surface area contributed by atoms with Gasteiger partial charge in [-0.15, -0.1) is 0 Å². The molecular weight excluding hydrogens is 160 g/mol. The predicted octanol–water partition coefficient (Wildman–Crippen LogP) is 1.86. The smallest absolute Gasteiger partial charge is 0.00931 e. The van der Waals surface area contributed by atoms with Crippen molar-refractivity contribution in [1.29, 1.82) is 0 Å². The molecule has 1 rings (SSSR count). The second kappa shape index (κ2) is 6.39. The summed E-state index contributed by atoms with van der Waals surface area (Å²) in [4.78, 5) is 2.68. The standard InChI is InChI=1S/C11H24N2/c1-3-11-7-6-10-13(11)9-5-4-8-12-2/h11-12H,3-10H2,1-2H3. The molecule has 1 N–H and O–H groups in total. The largest absolute Gasteiger partial charge is 0.320 e. The van der Waals surface area contributed by atoms with Crippen LogP contribution in [0.4, 0.5) is 0 Å². The second-order valence-corrected chi connectivity index (χ2v) is 4.05. The molecule has 13 heavy (non-hydrogen) atoms. The van der Waals surface area contributed by atoms with Crippen LogP contribution >= 0.6 is 0 Å². The van der Waals surface area contributed by atoms with Crippen LogP contribution in [-0.2, 0) is 0 Å². The number of nitrogens with zero attached hydrogens (tertiary/aromatic N) is 1. The molecule has 0 radical (unpaired) electrons. The molecule has 1 atom stereocenters. The number of hydrogen-bond acceptors (Lipinski definition) is 2. The van der Waals surface area contributed by atoms with Crippen LogP contribution in [0.1, 0.15) is 39.0 Å². The first kappa shape index (κ1) is 11.0. The van der Waals surface area contributed by atoms with Crippen LogP contribution in [0.15, 0.2) is 0 Å². The van der Waals surface area contributed by atoms with Gasteiger partial charge in [0.25, 0.3) is 0 Å². The molecule has 0 bridgehead atoms. The van der Waals surface area contributed by atoms with Gasteiger partial charge in [0, 0.05) is 6.04 Å². The number of nitrogens with one attached hydrogen (secondary N) is 1. The molecule has 0 aromatic carbocycles. The van der Waals surface area contributed by atoms with Crippen LogP contribution in [0.3, 0.4) is 0 Å². The minimum atomic E-state index is 0.898. The van der Waals surface area contributed by atoms with Gasteiger partial charge >= 0.3 is 0 Å². The molecule has 1 aliphatic rings. The van der Waals surface area contributed by atoms with Gasteiger partial charge in [0.1, 0.15) is 0 Å². The van der Waals surface area contributed by atoms with Crippen molar-refractivity contribution in [2.75, 3.05) is 26.7 Å². The molecule has 1 unspecified atom stereocenters. The summed E-state index contributed by atoms with van der Waals surface area (Å²) in [6, 6.07) is 0.898. The summed E-state index contributed by atoms with van der Waals surface area (Å²) in [6.45, 7) is 6.15. The second-order valence-electron chi connectivity index (χ2n) is 4.05. The van der Waals surface area contributed by atoms with Crippen LogP contribution in [0.5, 0.6) is 0 Å². The average molecular weight is 184 g/mol. The highest BCUT2D eigenvalue weighted by atomic mass is 15.2. The maximum Gasteiger partial charge on any atom is 0.00931 e. The van der Waals surface area contributed by atoms with Crippen molar-refractivity contribution in [2.24, 2.45) is 0 Å². The van der Waals surface area contributed by atoms with Crippen molar-refractivity contribution in [2.45, 2.75) is 45.1 Å². The van der Waals surface area contributed by atoms with E-state index in [2.05, 4.69) is 17.1 Å². The molecule has 1 saturated heterocycles. The van der Waals surface area contributed by atoms with Crippen molar-refractivity contribution in [1.82, 2.24) is 10.2 Å². The number of rotatable bonds is 6. The summed E-state index contributed by atoms with van der Waals surface area (Å²) < 4.78 is 0. The first-order chi connectivity index (χ1) is 6.38. The quantitative estimate of drug-likeness (QED) is 0.634. The Balaban J connectivity index is 2.06. The van der Waals surface area contributed by atoms with Crippen LogP contribution in [0.2, 0.25) is 0 Å². The van der Waals surface area contributed by atoms with E-state index < -0.39 is 0 Å². The van der Waals surface area contributed by atoms with E-state index in [1.54, 1.807) is 0 Å². The fraction of sp³-hybridized carbons (Fsp3) is 1.00. The zero-order valence-corrected chi connectivity index (χ0v) is 9.18. The molecule has 2 heteroatoms.